The predicted molar refractivity (Wildman–Crippen MR) is 77.9 cm³/mol. The summed E-state index contributed by atoms with van der Waals surface area (Å²) in [5.41, 5.74) is 1.02. The summed E-state index contributed by atoms with van der Waals surface area (Å²) in [5, 5.41) is 11.6. The lowest BCUT2D eigenvalue weighted by Gasteiger charge is -2.15. The molecule has 1 aromatic heterocycles. The van der Waals surface area contributed by atoms with E-state index in [4.69, 9.17) is 0 Å². The van der Waals surface area contributed by atoms with Crippen LogP contribution in [0.3, 0.4) is 0 Å². The largest absolute Gasteiger partial charge is 0.311 e. The van der Waals surface area contributed by atoms with Gasteiger partial charge in [-0.05, 0) is 26.3 Å². The molecule has 0 aliphatic rings. The molecule has 104 valence electrons. The Morgan fingerprint density at radius 3 is 3.00 bits per heavy atom. The molecular formula is C12H25N5S. The van der Waals surface area contributed by atoms with Crippen molar-refractivity contribution in [2.45, 2.75) is 26.4 Å². The molecule has 1 aromatic rings. The average Bonchev–Trinajstić information content (AvgIpc) is 2.82. The Morgan fingerprint density at radius 1 is 1.44 bits per heavy atom. The summed E-state index contributed by atoms with van der Waals surface area (Å²) >= 11 is 1.88. The van der Waals surface area contributed by atoms with Crippen molar-refractivity contribution in [3.05, 3.63) is 11.9 Å². The number of thioether (sulfide) groups is 1. The Bertz CT molecular complexity index is 315. The second-order valence-corrected chi connectivity index (χ2v) is 5.43. The molecule has 0 fully saturated rings. The number of likely N-dealkylation sites (N-methyl/N-ethyl adjacent to an activating group) is 1. The second-order valence-electron chi connectivity index (χ2n) is 4.45. The lowest BCUT2D eigenvalue weighted by molar-refractivity contribution is 0.328. The molecule has 1 rings (SSSR count). The van der Waals surface area contributed by atoms with Crippen LogP contribution < -0.4 is 5.32 Å². The molecule has 0 aliphatic heterocycles. The normalized spacial score (nSPS) is 11.3. The zero-order valence-corrected chi connectivity index (χ0v) is 12.5. The molecule has 0 bridgehead atoms. The summed E-state index contributed by atoms with van der Waals surface area (Å²) < 4.78 is 1.93. The van der Waals surface area contributed by atoms with Crippen molar-refractivity contribution in [3.63, 3.8) is 0 Å². The van der Waals surface area contributed by atoms with Crippen LogP contribution >= 0.6 is 11.8 Å². The Morgan fingerprint density at radius 2 is 2.28 bits per heavy atom. The van der Waals surface area contributed by atoms with Gasteiger partial charge in [0.25, 0.3) is 0 Å². The van der Waals surface area contributed by atoms with Crippen molar-refractivity contribution >= 4 is 11.8 Å². The quantitative estimate of drug-likeness (QED) is 0.645. The second kappa shape index (κ2) is 9.35. The molecule has 1 N–H and O–H groups in total. The first-order valence-electron chi connectivity index (χ1n) is 6.53. The summed E-state index contributed by atoms with van der Waals surface area (Å²) in [5.74, 6) is 1.18. The molecule has 0 saturated heterocycles. The number of hydrogen-bond donors (Lipinski definition) is 1. The van der Waals surface area contributed by atoms with Gasteiger partial charge in [0.2, 0.25) is 0 Å². The smallest absolute Gasteiger partial charge is 0.0964 e. The molecular weight excluding hydrogens is 246 g/mol. The minimum absolute atomic E-state index is 0.816. The van der Waals surface area contributed by atoms with Crippen LogP contribution in [0.25, 0.3) is 0 Å². The first kappa shape index (κ1) is 15.5. The highest BCUT2D eigenvalue weighted by molar-refractivity contribution is 7.98. The van der Waals surface area contributed by atoms with E-state index < -0.39 is 0 Å². The van der Waals surface area contributed by atoms with Gasteiger partial charge in [0.15, 0.2) is 0 Å². The van der Waals surface area contributed by atoms with Crippen LogP contribution in [0.2, 0.25) is 0 Å². The van der Waals surface area contributed by atoms with Crippen molar-refractivity contribution in [1.82, 2.24) is 25.2 Å². The molecule has 0 spiro atoms. The van der Waals surface area contributed by atoms with Crippen molar-refractivity contribution in [2.24, 2.45) is 0 Å². The minimum Gasteiger partial charge on any atom is -0.311 e. The molecule has 6 heteroatoms. The summed E-state index contributed by atoms with van der Waals surface area (Å²) in [6.07, 6.45) is 5.32. The fourth-order valence-corrected chi connectivity index (χ4v) is 2.05. The van der Waals surface area contributed by atoms with Crippen molar-refractivity contribution in [2.75, 3.05) is 38.7 Å². The zero-order valence-electron chi connectivity index (χ0n) is 11.7. The number of nitrogens with one attached hydrogen (secondary N) is 1. The lowest BCUT2D eigenvalue weighted by atomic mass is 10.4. The Kier molecular flexibility index (Phi) is 8.04. The number of aromatic nitrogens is 3. The van der Waals surface area contributed by atoms with Crippen LogP contribution in [0.4, 0.5) is 0 Å². The summed E-state index contributed by atoms with van der Waals surface area (Å²) in [7, 11) is 2.15. The van der Waals surface area contributed by atoms with Gasteiger partial charge in [-0.25, -0.2) is 0 Å². The maximum atomic E-state index is 4.16. The van der Waals surface area contributed by atoms with E-state index in [1.54, 1.807) is 0 Å². The van der Waals surface area contributed by atoms with Crippen molar-refractivity contribution < 1.29 is 0 Å². The molecule has 0 radical (unpaired) electrons. The molecule has 5 nitrogen and oxygen atoms in total. The average molecular weight is 271 g/mol. The van der Waals surface area contributed by atoms with E-state index >= 15 is 0 Å². The third kappa shape index (κ3) is 6.37. The summed E-state index contributed by atoms with van der Waals surface area (Å²) in [6.45, 7) is 7.06. The third-order valence-corrected chi connectivity index (χ3v) is 3.30. The molecule has 0 unspecified atom stereocenters. The molecule has 0 atom stereocenters. The van der Waals surface area contributed by atoms with Crippen LogP contribution in [0.1, 0.15) is 19.0 Å². The zero-order chi connectivity index (χ0) is 13.2. The monoisotopic (exact) mass is 271 g/mol. The third-order valence-electron chi connectivity index (χ3n) is 2.71. The molecule has 18 heavy (non-hydrogen) atoms. The van der Waals surface area contributed by atoms with E-state index in [-0.39, 0.29) is 0 Å². The van der Waals surface area contributed by atoms with E-state index in [9.17, 15) is 0 Å². The maximum Gasteiger partial charge on any atom is 0.0964 e. The van der Waals surface area contributed by atoms with E-state index in [0.717, 1.165) is 44.8 Å². The predicted octanol–water partition coefficient (Wildman–Crippen LogP) is 1.07. The molecule has 0 amide bonds. The van der Waals surface area contributed by atoms with Gasteiger partial charge >= 0.3 is 0 Å². The maximum absolute atomic E-state index is 4.16. The van der Waals surface area contributed by atoms with E-state index in [2.05, 4.69) is 40.8 Å². The highest BCUT2D eigenvalue weighted by Gasteiger charge is 2.02. The molecule has 0 saturated carbocycles. The Hall–Kier alpha value is -0.590. The molecule has 0 aliphatic carbocycles. The van der Waals surface area contributed by atoms with Gasteiger partial charge in [0, 0.05) is 31.6 Å². The SMILES string of the molecule is CCCNCc1cn(CCN(C)CCSC)nn1. The Labute approximate surface area is 114 Å². The van der Waals surface area contributed by atoms with Crippen molar-refractivity contribution in [1.29, 1.82) is 0 Å². The minimum atomic E-state index is 0.816. The van der Waals surface area contributed by atoms with Gasteiger partial charge in [0.05, 0.1) is 12.2 Å². The summed E-state index contributed by atoms with van der Waals surface area (Å²) in [6, 6.07) is 0. The van der Waals surface area contributed by atoms with Crippen LogP contribution in [-0.2, 0) is 13.1 Å². The van der Waals surface area contributed by atoms with E-state index in [1.807, 2.05) is 22.6 Å². The van der Waals surface area contributed by atoms with Gasteiger partial charge in [-0.1, -0.05) is 12.1 Å². The van der Waals surface area contributed by atoms with E-state index in [0.29, 0.717) is 0 Å². The fourth-order valence-electron chi connectivity index (χ4n) is 1.55. The molecule has 0 aromatic carbocycles. The van der Waals surface area contributed by atoms with Crippen LogP contribution in [0, 0.1) is 0 Å². The van der Waals surface area contributed by atoms with Gasteiger partial charge in [-0.3, -0.25) is 4.68 Å². The standard InChI is InChI=1S/C12H25N5S/c1-4-5-13-10-12-11-17(15-14-12)7-6-16(2)8-9-18-3/h11,13H,4-10H2,1-3H3. The summed E-state index contributed by atoms with van der Waals surface area (Å²) in [4.78, 5) is 2.33. The number of nitrogens with zero attached hydrogens (tertiary/aromatic N) is 4. The van der Waals surface area contributed by atoms with Crippen LogP contribution in [0.15, 0.2) is 6.20 Å². The molecule has 1 heterocycles. The van der Waals surface area contributed by atoms with Gasteiger partial charge in [-0.15, -0.1) is 5.10 Å². The highest BCUT2D eigenvalue weighted by Crippen LogP contribution is 1.96. The lowest BCUT2D eigenvalue weighted by Crippen LogP contribution is -2.25. The highest BCUT2D eigenvalue weighted by atomic mass is 32.2. The van der Waals surface area contributed by atoms with Gasteiger partial charge in [0.1, 0.15) is 0 Å². The number of rotatable bonds is 10. The topological polar surface area (TPSA) is 46.0 Å². The van der Waals surface area contributed by atoms with E-state index in [1.165, 1.54) is 5.75 Å². The van der Waals surface area contributed by atoms with Crippen molar-refractivity contribution in [3.8, 4) is 0 Å². The fraction of sp³-hybridized carbons (Fsp3) is 0.833. The van der Waals surface area contributed by atoms with Crippen LogP contribution in [-0.4, -0.2) is 58.6 Å². The first-order valence-corrected chi connectivity index (χ1v) is 7.92. The Balaban J connectivity index is 2.22. The van der Waals surface area contributed by atoms with Gasteiger partial charge < -0.3 is 10.2 Å². The first-order chi connectivity index (χ1) is 8.76. The van der Waals surface area contributed by atoms with Crippen LogP contribution in [0.5, 0.6) is 0 Å². The number of hydrogen-bond acceptors (Lipinski definition) is 5. The van der Waals surface area contributed by atoms with Gasteiger partial charge in [-0.2, -0.15) is 11.8 Å².